The van der Waals surface area contributed by atoms with E-state index in [9.17, 15) is 4.79 Å². The number of aliphatic hydroxyl groups is 1. The molecule has 1 amide bonds. The first-order valence-electron chi connectivity index (χ1n) is 4.69. The summed E-state index contributed by atoms with van der Waals surface area (Å²) >= 11 is 0. The molecule has 0 spiro atoms. The van der Waals surface area contributed by atoms with Crippen molar-refractivity contribution in [1.29, 1.82) is 0 Å². The van der Waals surface area contributed by atoms with Crippen molar-refractivity contribution >= 4 is 5.91 Å². The molecule has 0 aromatic rings. The number of carbonyl (C=O) groups is 1. The Kier molecular flexibility index (Phi) is 3.53. The van der Waals surface area contributed by atoms with E-state index in [0.29, 0.717) is 0 Å². The third kappa shape index (κ3) is 2.21. The Morgan fingerprint density at radius 1 is 1.67 bits per heavy atom. The molecule has 0 unspecified atom stereocenters. The van der Waals surface area contributed by atoms with Crippen LogP contribution in [0.25, 0.3) is 0 Å². The van der Waals surface area contributed by atoms with Crippen LogP contribution in [0.4, 0.5) is 0 Å². The zero-order valence-corrected chi connectivity index (χ0v) is 7.55. The third-order valence-electron chi connectivity index (χ3n) is 2.54. The summed E-state index contributed by atoms with van der Waals surface area (Å²) in [7, 11) is 0. The number of rotatable bonds is 4. The van der Waals surface area contributed by atoms with Crippen molar-refractivity contribution in [3.63, 3.8) is 0 Å². The number of carbonyl (C=O) groups excluding carboxylic acids is 1. The monoisotopic (exact) mass is 171 g/mol. The van der Waals surface area contributed by atoms with Gasteiger partial charge in [-0.25, -0.2) is 0 Å². The van der Waals surface area contributed by atoms with E-state index in [1.807, 2.05) is 6.92 Å². The van der Waals surface area contributed by atoms with Gasteiger partial charge in [0.15, 0.2) is 0 Å². The van der Waals surface area contributed by atoms with Crippen molar-refractivity contribution in [2.75, 3.05) is 6.61 Å². The minimum absolute atomic E-state index is 0.0434. The summed E-state index contributed by atoms with van der Waals surface area (Å²) in [5, 5.41) is 11.7. The molecule has 0 aliphatic heterocycles. The van der Waals surface area contributed by atoms with E-state index in [2.05, 4.69) is 5.32 Å². The van der Waals surface area contributed by atoms with Gasteiger partial charge >= 0.3 is 0 Å². The Balaban J connectivity index is 2.23. The van der Waals surface area contributed by atoms with Gasteiger partial charge in [-0.1, -0.05) is 13.3 Å². The smallest absolute Gasteiger partial charge is 0.223 e. The minimum Gasteiger partial charge on any atom is -0.394 e. The molecule has 1 rings (SSSR count). The van der Waals surface area contributed by atoms with Crippen LogP contribution in [-0.4, -0.2) is 23.7 Å². The van der Waals surface area contributed by atoms with Gasteiger partial charge in [0.1, 0.15) is 0 Å². The number of amides is 1. The zero-order valence-electron chi connectivity index (χ0n) is 7.55. The summed E-state index contributed by atoms with van der Waals surface area (Å²) in [6.07, 6.45) is 4.02. The van der Waals surface area contributed by atoms with Crippen LogP contribution in [0.2, 0.25) is 0 Å². The molecule has 1 atom stereocenters. The fourth-order valence-electron chi connectivity index (χ4n) is 1.27. The summed E-state index contributed by atoms with van der Waals surface area (Å²) in [4.78, 5) is 11.3. The Bertz CT molecular complexity index is 151. The third-order valence-corrected chi connectivity index (χ3v) is 2.54. The second kappa shape index (κ2) is 4.45. The van der Waals surface area contributed by atoms with Crippen LogP contribution in [-0.2, 0) is 4.79 Å². The average Bonchev–Trinajstić information content (AvgIpc) is 1.96. The highest BCUT2D eigenvalue weighted by Crippen LogP contribution is 2.26. The van der Waals surface area contributed by atoms with Gasteiger partial charge in [-0.15, -0.1) is 0 Å². The molecule has 1 aliphatic carbocycles. The Morgan fingerprint density at radius 2 is 2.33 bits per heavy atom. The first kappa shape index (κ1) is 9.52. The fraction of sp³-hybridized carbons (Fsp3) is 0.889. The summed E-state index contributed by atoms with van der Waals surface area (Å²) in [6, 6.07) is -0.0434. The van der Waals surface area contributed by atoms with Crippen LogP contribution in [0.3, 0.4) is 0 Å². The molecule has 1 saturated carbocycles. The molecule has 3 heteroatoms. The van der Waals surface area contributed by atoms with Gasteiger partial charge < -0.3 is 10.4 Å². The predicted octanol–water partition coefficient (Wildman–Crippen LogP) is 0.674. The van der Waals surface area contributed by atoms with E-state index >= 15 is 0 Å². The highest BCUT2D eigenvalue weighted by molar-refractivity contribution is 5.79. The summed E-state index contributed by atoms with van der Waals surface area (Å²) < 4.78 is 0. The predicted molar refractivity (Wildman–Crippen MR) is 46.6 cm³/mol. The highest BCUT2D eigenvalue weighted by atomic mass is 16.3. The maximum absolute atomic E-state index is 11.3. The number of hydrogen-bond acceptors (Lipinski definition) is 2. The number of hydrogen-bond donors (Lipinski definition) is 2. The van der Waals surface area contributed by atoms with Crippen molar-refractivity contribution < 1.29 is 9.90 Å². The van der Waals surface area contributed by atoms with Gasteiger partial charge in [0.25, 0.3) is 0 Å². The van der Waals surface area contributed by atoms with E-state index < -0.39 is 0 Å². The summed E-state index contributed by atoms with van der Waals surface area (Å²) in [5.41, 5.74) is 0. The van der Waals surface area contributed by atoms with Gasteiger partial charge in [0.05, 0.1) is 12.6 Å². The van der Waals surface area contributed by atoms with Crippen molar-refractivity contribution in [2.24, 2.45) is 5.92 Å². The molecule has 0 aromatic carbocycles. The topological polar surface area (TPSA) is 49.3 Å². The molecule has 70 valence electrons. The van der Waals surface area contributed by atoms with Crippen molar-refractivity contribution in [3.05, 3.63) is 0 Å². The van der Waals surface area contributed by atoms with Gasteiger partial charge in [-0.2, -0.15) is 0 Å². The summed E-state index contributed by atoms with van der Waals surface area (Å²) in [6.45, 7) is 2.01. The molecule has 12 heavy (non-hydrogen) atoms. The Hall–Kier alpha value is -0.570. The second-order valence-corrected chi connectivity index (χ2v) is 3.42. The van der Waals surface area contributed by atoms with Crippen LogP contribution >= 0.6 is 0 Å². The Labute approximate surface area is 73.2 Å². The molecule has 0 aromatic heterocycles. The second-order valence-electron chi connectivity index (χ2n) is 3.42. The van der Waals surface area contributed by atoms with Crippen LogP contribution in [0.15, 0.2) is 0 Å². The number of aliphatic hydroxyl groups excluding tert-OH is 1. The standard InChI is InChI=1S/C9H17NO2/c1-2-8(6-11)10-9(12)7-4-3-5-7/h7-8,11H,2-6H2,1H3,(H,10,12)/t8-/m1/s1. The summed E-state index contributed by atoms with van der Waals surface area (Å²) in [5.74, 6) is 0.354. The first-order valence-corrected chi connectivity index (χ1v) is 4.69. The van der Waals surface area contributed by atoms with E-state index in [-0.39, 0.29) is 24.5 Å². The molecular weight excluding hydrogens is 154 g/mol. The van der Waals surface area contributed by atoms with E-state index in [4.69, 9.17) is 5.11 Å². The number of nitrogens with one attached hydrogen (secondary N) is 1. The zero-order chi connectivity index (χ0) is 8.97. The van der Waals surface area contributed by atoms with E-state index in [1.54, 1.807) is 0 Å². The lowest BCUT2D eigenvalue weighted by molar-refractivity contribution is -0.128. The molecule has 3 nitrogen and oxygen atoms in total. The first-order chi connectivity index (χ1) is 5.77. The lowest BCUT2D eigenvalue weighted by Crippen LogP contribution is -2.42. The van der Waals surface area contributed by atoms with Gasteiger partial charge in [-0.3, -0.25) is 4.79 Å². The molecule has 0 saturated heterocycles. The van der Waals surface area contributed by atoms with E-state index in [0.717, 1.165) is 19.3 Å². The highest BCUT2D eigenvalue weighted by Gasteiger charge is 2.26. The van der Waals surface area contributed by atoms with Gasteiger partial charge in [-0.05, 0) is 19.3 Å². The molecule has 0 radical (unpaired) electrons. The lowest BCUT2D eigenvalue weighted by Gasteiger charge is -2.26. The minimum atomic E-state index is -0.0434. The molecular formula is C9H17NO2. The quantitative estimate of drug-likeness (QED) is 0.653. The van der Waals surface area contributed by atoms with Gasteiger partial charge in [0.2, 0.25) is 5.91 Å². The molecule has 1 aliphatic rings. The molecule has 0 heterocycles. The molecule has 0 bridgehead atoms. The maximum Gasteiger partial charge on any atom is 0.223 e. The van der Waals surface area contributed by atoms with Crippen LogP contribution in [0.1, 0.15) is 32.6 Å². The normalized spacial score (nSPS) is 19.8. The van der Waals surface area contributed by atoms with Crippen LogP contribution < -0.4 is 5.32 Å². The van der Waals surface area contributed by atoms with Crippen molar-refractivity contribution in [1.82, 2.24) is 5.32 Å². The van der Waals surface area contributed by atoms with Crippen molar-refractivity contribution in [3.8, 4) is 0 Å². The fourth-order valence-corrected chi connectivity index (χ4v) is 1.27. The average molecular weight is 171 g/mol. The molecule has 2 N–H and O–H groups in total. The molecule has 1 fully saturated rings. The SMILES string of the molecule is CC[C@H](CO)NC(=O)C1CCC1. The van der Waals surface area contributed by atoms with E-state index in [1.165, 1.54) is 6.42 Å². The van der Waals surface area contributed by atoms with Crippen LogP contribution in [0, 0.1) is 5.92 Å². The van der Waals surface area contributed by atoms with Crippen molar-refractivity contribution in [2.45, 2.75) is 38.6 Å². The lowest BCUT2D eigenvalue weighted by atomic mass is 9.84. The maximum atomic E-state index is 11.3. The van der Waals surface area contributed by atoms with Crippen LogP contribution in [0.5, 0.6) is 0 Å². The Morgan fingerprint density at radius 3 is 2.67 bits per heavy atom. The largest absolute Gasteiger partial charge is 0.394 e. The van der Waals surface area contributed by atoms with Gasteiger partial charge in [0, 0.05) is 5.92 Å².